The molecule has 0 unspecified atom stereocenters. The maximum absolute atomic E-state index is 11.3. The van der Waals surface area contributed by atoms with Crippen molar-refractivity contribution in [2.24, 2.45) is 0 Å². The second kappa shape index (κ2) is 12.1. The van der Waals surface area contributed by atoms with Gasteiger partial charge in [0.15, 0.2) is 22.6 Å². The van der Waals surface area contributed by atoms with E-state index in [4.69, 9.17) is 0 Å². The van der Waals surface area contributed by atoms with Crippen molar-refractivity contribution >= 4 is 24.2 Å². The van der Waals surface area contributed by atoms with Crippen LogP contribution in [-0.4, -0.2) is 62.9 Å². The fourth-order valence-corrected chi connectivity index (χ4v) is 1.92. The number of carbonyl (C=O) groups is 4. The standard InChI is InChI=1S/2C9H8O8/c2*1-14-7(11)6-4(16-9(13)15-2)3-5(10)17-8(6)12/h2*3,12H,1-2H3. The summed E-state index contributed by atoms with van der Waals surface area (Å²) in [5, 5.41) is 18.5. The van der Waals surface area contributed by atoms with Crippen molar-refractivity contribution in [2.45, 2.75) is 0 Å². The molecule has 0 aliphatic heterocycles. The summed E-state index contributed by atoms with van der Waals surface area (Å²) in [4.78, 5) is 66.1. The maximum Gasteiger partial charge on any atom is 0.513 e. The molecular weight excluding hydrogens is 472 g/mol. The van der Waals surface area contributed by atoms with Crippen molar-refractivity contribution in [1.82, 2.24) is 0 Å². The van der Waals surface area contributed by atoms with Crippen molar-refractivity contribution in [1.29, 1.82) is 0 Å². The van der Waals surface area contributed by atoms with Crippen molar-refractivity contribution in [3.63, 3.8) is 0 Å². The molecule has 0 bridgehead atoms. The van der Waals surface area contributed by atoms with E-state index in [9.17, 15) is 39.0 Å². The highest BCUT2D eigenvalue weighted by Gasteiger charge is 2.25. The molecule has 184 valence electrons. The van der Waals surface area contributed by atoms with E-state index >= 15 is 0 Å². The van der Waals surface area contributed by atoms with E-state index in [1.807, 2.05) is 0 Å². The molecular formula is C18H16O16. The number of hydrogen-bond donors (Lipinski definition) is 2. The molecule has 0 amide bonds. The highest BCUT2D eigenvalue weighted by molar-refractivity contribution is 5.95. The van der Waals surface area contributed by atoms with E-state index < -0.39 is 70.0 Å². The summed E-state index contributed by atoms with van der Waals surface area (Å²) in [5.74, 6) is -5.13. The molecule has 0 aliphatic carbocycles. The lowest BCUT2D eigenvalue weighted by molar-refractivity contribution is 0.0573. The molecule has 0 aliphatic rings. The summed E-state index contributed by atoms with van der Waals surface area (Å²) < 4.78 is 34.5. The first-order chi connectivity index (χ1) is 16.0. The Hall–Kier alpha value is -5.02. The molecule has 0 saturated heterocycles. The van der Waals surface area contributed by atoms with Gasteiger partial charge < -0.3 is 47.5 Å². The number of rotatable bonds is 4. The van der Waals surface area contributed by atoms with Gasteiger partial charge in [0.1, 0.15) is 0 Å². The molecule has 0 spiro atoms. The predicted octanol–water partition coefficient (Wildman–Crippen LogP) is 0.554. The van der Waals surface area contributed by atoms with Gasteiger partial charge in [-0.2, -0.15) is 0 Å². The molecule has 16 nitrogen and oxygen atoms in total. The Balaban J connectivity index is 0.000000340. The van der Waals surface area contributed by atoms with E-state index in [1.165, 1.54) is 0 Å². The van der Waals surface area contributed by atoms with Crippen LogP contribution in [0.25, 0.3) is 0 Å². The van der Waals surface area contributed by atoms with Crippen LogP contribution in [0.5, 0.6) is 23.4 Å². The Bertz CT molecular complexity index is 1090. The van der Waals surface area contributed by atoms with E-state index in [0.29, 0.717) is 12.1 Å². The average molecular weight is 488 g/mol. The minimum Gasteiger partial charge on any atom is -0.480 e. The maximum atomic E-state index is 11.3. The second-order valence-corrected chi connectivity index (χ2v) is 5.32. The zero-order valence-corrected chi connectivity index (χ0v) is 17.8. The number of ether oxygens (including phenoxy) is 6. The van der Waals surface area contributed by atoms with Crippen molar-refractivity contribution < 1.29 is 66.6 Å². The molecule has 2 rings (SSSR count). The van der Waals surface area contributed by atoms with Crippen LogP contribution in [0.4, 0.5) is 9.59 Å². The molecule has 0 atom stereocenters. The Morgan fingerprint density at radius 3 is 1.24 bits per heavy atom. The molecule has 0 saturated carbocycles. The first-order valence-corrected chi connectivity index (χ1v) is 8.41. The Kier molecular flexibility index (Phi) is 9.64. The zero-order chi connectivity index (χ0) is 26.0. The van der Waals surface area contributed by atoms with Gasteiger partial charge in [-0.1, -0.05) is 0 Å². The van der Waals surface area contributed by atoms with Crippen molar-refractivity contribution in [2.75, 3.05) is 28.4 Å². The summed E-state index contributed by atoms with van der Waals surface area (Å²) in [5.41, 5.74) is -3.18. The lowest BCUT2D eigenvalue weighted by atomic mass is 10.2. The van der Waals surface area contributed by atoms with Gasteiger partial charge in [0, 0.05) is 0 Å². The number of methoxy groups -OCH3 is 4. The van der Waals surface area contributed by atoms with Crippen LogP contribution in [0.3, 0.4) is 0 Å². The summed E-state index contributed by atoms with van der Waals surface area (Å²) in [6.07, 6.45) is -2.33. The number of esters is 2. The van der Waals surface area contributed by atoms with Gasteiger partial charge in [0.05, 0.1) is 40.6 Å². The fraction of sp³-hybridized carbons (Fsp3) is 0.222. The molecule has 34 heavy (non-hydrogen) atoms. The topological polar surface area (TPSA) is 225 Å². The SMILES string of the molecule is COC(=O)Oc1cc(=O)oc(O)c1C(=O)OC.COC(=O)Oc1cc(=O)oc(O)c1C(=O)OC. The third-order valence-corrected chi connectivity index (χ3v) is 3.31. The predicted molar refractivity (Wildman–Crippen MR) is 102 cm³/mol. The number of aromatic hydroxyl groups is 2. The Morgan fingerprint density at radius 1 is 0.647 bits per heavy atom. The van der Waals surface area contributed by atoms with Crippen LogP contribution in [-0.2, 0) is 18.9 Å². The minimum atomic E-state index is -1.17. The van der Waals surface area contributed by atoms with Gasteiger partial charge in [0.25, 0.3) is 0 Å². The van der Waals surface area contributed by atoms with Gasteiger partial charge in [-0.05, 0) is 0 Å². The molecule has 2 N–H and O–H groups in total. The molecule has 16 heteroatoms. The number of hydrogen-bond acceptors (Lipinski definition) is 16. The lowest BCUT2D eigenvalue weighted by Crippen LogP contribution is -2.14. The fourth-order valence-electron chi connectivity index (χ4n) is 1.92. The van der Waals surface area contributed by atoms with Crippen molar-refractivity contribution in [3.05, 3.63) is 44.1 Å². The van der Waals surface area contributed by atoms with Gasteiger partial charge in [-0.3, -0.25) is 0 Å². The van der Waals surface area contributed by atoms with Crippen LogP contribution >= 0.6 is 0 Å². The quantitative estimate of drug-likeness (QED) is 0.442. The smallest absolute Gasteiger partial charge is 0.480 e. The van der Waals surface area contributed by atoms with Gasteiger partial charge in [-0.25, -0.2) is 28.8 Å². The number of carbonyl (C=O) groups excluding carboxylic acids is 4. The minimum absolute atomic E-state index is 0.516. The van der Waals surface area contributed by atoms with E-state index in [-0.39, 0.29) is 0 Å². The van der Waals surface area contributed by atoms with Crippen LogP contribution in [0.2, 0.25) is 0 Å². The van der Waals surface area contributed by atoms with Gasteiger partial charge in [0.2, 0.25) is 0 Å². The second-order valence-electron chi connectivity index (χ2n) is 5.32. The summed E-state index contributed by atoms with van der Waals surface area (Å²) in [6, 6.07) is 1.39. The first kappa shape index (κ1) is 27.0. The van der Waals surface area contributed by atoms with Crippen LogP contribution in [0, 0.1) is 0 Å². The monoisotopic (exact) mass is 488 g/mol. The molecule has 0 fully saturated rings. The van der Waals surface area contributed by atoms with Crippen LogP contribution < -0.4 is 20.7 Å². The molecule has 0 radical (unpaired) electrons. The lowest BCUT2D eigenvalue weighted by Gasteiger charge is -2.07. The molecule has 2 aromatic heterocycles. The van der Waals surface area contributed by atoms with Gasteiger partial charge >= 0.3 is 47.4 Å². The van der Waals surface area contributed by atoms with E-state index in [0.717, 1.165) is 28.4 Å². The highest BCUT2D eigenvalue weighted by Crippen LogP contribution is 2.27. The van der Waals surface area contributed by atoms with Crippen LogP contribution in [0.1, 0.15) is 20.7 Å². The third-order valence-electron chi connectivity index (χ3n) is 3.31. The zero-order valence-electron chi connectivity index (χ0n) is 17.8. The molecule has 2 heterocycles. The van der Waals surface area contributed by atoms with Gasteiger partial charge in [-0.15, -0.1) is 0 Å². The highest BCUT2D eigenvalue weighted by atomic mass is 16.7. The normalized spacial score (nSPS) is 9.53. The average Bonchev–Trinajstić information content (AvgIpc) is 2.77. The van der Waals surface area contributed by atoms with E-state index in [2.05, 4.69) is 37.3 Å². The Morgan fingerprint density at radius 2 is 0.971 bits per heavy atom. The molecule has 2 aromatic rings. The van der Waals surface area contributed by atoms with Crippen molar-refractivity contribution in [3.8, 4) is 23.4 Å². The summed E-state index contributed by atoms with van der Waals surface area (Å²) in [7, 11) is 4.14. The van der Waals surface area contributed by atoms with E-state index in [1.54, 1.807) is 0 Å². The van der Waals surface area contributed by atoms with Crippen LogP contribution in [0.15, 0.2) is 30.6 Å². The third kappa shape index (κ3) is 7.01. The largest absolute Gasteiger partial charge is 0.513 e. The summed E-state index contributed by atoms with van der Waals surface area (Å²) >= 11 is 0. The first-order valence-electron chi connectivity index (χ1n) is 8.41. The molecule has 0 aromatic carbocycles. The summed E-state index contributed by atoms with van der Waals surface area (Å²) in [6.45, 7) is 0. The Labute approximate surface area is 187 Å².